The van der Waals surface area contributed by atoms with Crippen LogP contribution < -0.4 is 4.90 Å². The van der Waals surface area contributed by atoms with Crippen LogP contribution in [0, 0.1) is 23.2 Å². The molecule has 2 unspecified atom stereocenters. The van der Waals surface area contributed by atoms with E-state index >= 15 is 0 Å². The number of nitrogens with zero attached hydrogens (tertiary/aromatic N) is 1. The first-order chi connectivity index (χ1) is 16.0. The molecule has 1 amide bonds. The van der Waals surface area contributed by atoms with Gasteiger partial charge in [0.1, 0.15) is 4.88 Å². The quantitative estimate of drug-likeness (QED) is 0.412. The number of carboxylic acid groups (broad SMARTS) is 1. The zero-order valence-corrected chi connectivity index (χ0v) is 22.4. The zero-order valence-electron chi connectivity index (χ0n) is 21.6. The van der Waals surface area contributed by atoms with Crippen LogP contribution in [0.15, 0.2) is 12.1 Å². The lowest BCUT2D eigenvalue weighted by Crippen LogP contribution is -2.39. The fourth-order valence-electron chi connectivity index (χ4n) is 5.36. The molecule has 2 aliphatic rings. The van der Waals surface area contributed by atoms with Crippen LogP contribution in [0.5, 0.6) is 0 Å². The van der Waals surface area contributed by atoms with E-state index in [4.69, 9.17) is 0 Å². The molecule has 2 aliphatic carbocycles. The van der Waals surface area contributed by atoms with Crippen LogP contribution >= 0.6 is 11.3 Å². The molecule has 6 heteroatoms. The van der Waals surface area contributed by atoms with Gasteiger partial charge in [-0.1, -0.05) is 33.8 Å². The minimum Gasteiger partial charge on any atom is -0.477 e. The maximum absolute atomic E-state index is 13.7. The third-order valence-corrected chi connectivity index (χ3v) is 8.97. The highest BCUT2D eigenvalue weighted by molar-refractivity contribution is 7.15. The van der Waals surface area contributed by atoms with Crippen molar-refractivity contribution in [1.29, 1.82) is 0 Å². The molecular weight excluding hydrogens is 446 g/mol. The predicted octanol–water partition coefficient (Wildman–Crippen LogP) is 7.00. The molecule has 0 bridgehead atoms. The zero-order chi connectivity index (χ0) is 25.0. The van der Waals surface area contributed by atoms with Gasteiger partial charge in [-0.25, -0.2) is 4.79 Å². The van der Waals surface area contributed by atoms with Gasteiger partial charge in [0.15, 0.2) is 0 Å². The van der Waals surface area contributed by atoms with Crippen LogP contribution in [-0.4, -0.2) is 34.7 Å². The Labute approximate surface area is 209 Å². The van der Waals surface area contributed by atoms with E-state index in [1.54, 1.807) is 11.8 Å². The Morgan fingerprint density at radius 1 is 1.18 bits per heavy atom. The number of carbonyl (C=O) groups is 2. The summed E-state index contributed by atoms with van der Waals surface area (Å²) in [6.45, 7) is 11.3. The maximum atomic E-state index is 13.7. The fraction of sp³-hybridized carbons (Fsp3) is 0.714. The third-order valence-electron chi connectivity index (χ3n) is 7.78. The van der Waals surface area contributed by atoms with Crippen LogP contribution in [0.4, 0.5) is 5.69 Å². The molecule has 1 heterocycles. The smallest absolute Gasteiger partial charge is 0.348 e. The molecule has 0 radical (unpaired) electrons. The van der Waals surface area contributed by atoms with Crippen molar-refractivity contribution in [3.63, 3.8) is 0 Å². The Morgan fingerprint density at radius 2 is 1.85 bits per heavy atom. The second kappa shape index (κ2) is 11.4. The molecule has 0 spiro atoms. The number of allylic oxidation sites excluding steroid dienone is 2. The van der Waals surface area contributed by atoms with Crippen LogP contribution in [-0.2, 0) is 4.79 Å². The number of carbonyl (C=O) groups excluding carboxylic acids is 1. The molecule has 1 aromatic rings. The predicted molar refractivity (Wildman–Crippen MR) is 140 cm³/mol. The summed E-state index contributed by atoms with van der Waals surface area (Å²) in [4.78, 5) is 28.9. The van der Waals surface area contributed by atoms with Gasteiger partial charge in [-0.3, -0.25) is 4.79 Å². The number of carboxylic acids is 1. The van der Waals surface area contributed by atoms with Gasteiger partial charge in [-0.05, 0) is 93.6 Å². The van der Waals surface area contributed by atoms with E-state index in [9.17, 15) is 19.8 Å². The monoisotopic (exact) mass is 489 g/mol. The standard InChI is InChI=1S/C28H43NO4S/c1-18-8-10-21(11-9-18)26(31)29(16-6-7-19(2)30)23-17-24(34-25(23)27(32)33)20-12-14-22(15-13-20)28(3,4)5/h12,17-19,21-22,30H,6-11,13-16H2,1-5H3,(H,32,33). The van der Waals surface area contributed by atoms with Crippen LogP contribution in [0.25, 0.3) is 5.57 Å². The minimum absolute atomic E-state index is 0.0471. The summed E-state index contributed by atoms with van der Waals surface area (Å²) in [6, 6.07) is 1.95. The molecule has 2 N–H and O–H groups in total. The lowest BCUT2D eigenvalue weighted by Gasteiger charge is -2.33. The van der Waals surface area contributed by atoms with Crippen LogP contribution in [0.2, 0.25) is 0 Å². The van der Waals surface area contributed by atoms with Gasteiger partial charge >= 0.3 is 5.97 Å². The average molecular weight is 490 g/mol. The molecule has 0 aliphatic heterocycles. The van der Waals surface area contributed by atoms with E-state index in [0.29, 0.717) is 36.9 Å². The fourth-order valence-corrected chi connectivity index (χ4v) is 6.43. The van der Waals surface area contributed by atoms with Crippen molar-refractivity contribution < 1.29 is 19.8 Å². The van der Waals surface area contributed by atoms with E-state index in [0.717, 1.165) is 49.8 Å². The summed E-state index contributed by atoms with van der Waals surface area (Å²) in [5, 5.41) is 19.8. The van der Waals surface area contributed by atoms with Gasteiger partial charge in [0.2, 0.25) is 5.91 Å². The first-order valence-electron chi connectivity index (χ1n) is 13.0. The number of hydrogen-bond donors (Lipinski definition) is 2. The average Bonchev–Trinajstić information content (AvgIpc) is 3.21. The lowest BCUT2D eigenvalue weighted by molar-refractivity contribution is -0.123. The number of hydrogen-bond acceptors (Lipinski definition) is 4. The number of amides is 1. The largest absolute Gasteiger partial charge is 0.477 e. The summed E-state index contributed by atoms with van der Waals surface area (Å²) in [7, 11) is 0. The van der Waals surface area contributed by atoms with Crippen molar-refractivity contribution in [1.82, 2.24) is 0 Å². The van der Waals surface area contributed by atoms with E-state index in [-0.39, 0.29) is 22.1 Å². The SMILES string of the molecule is CC(O)CCCN(C(=O)C1CCC(C)CC1)c1cc(C2=CCC(C(C)(C)C)CC2)sc1C(=O)O. The van der Waals surface area contributed by atoms with Gasteiger partial charge in [0.05, 0.1) is 11.8 Å². The molecule has 0 aromatic carbocycles. The highest BCUT2D eigenvalue weighted by atomic mass is 32.1. The number of thiophene rings is 1. The number of aromatic carboxylic acids is 1. The van der Waals surface area contributed by atoms with Crippen molar-refractivity contribution in [2.75, 3.05) is 11.4 Å². The molecule has 1 aromatic heterocycles. The number of aliphatic hydroxyl groups excluding tert-OH is 1. The van der Waals surface area contributed by atoms with Crippen molar-refractivity contribution in [3.05, 3.63) is 21.9 Å². The van der Waals surface area contributed by atoms with Gasteiger partial charge in [-0.2, -0.15) is 0 Å². The van der Waals surface area contributed by atoms with Crippen molar-refractivity contribution in [2.24, 2.45) is 23.2 Å². The van der Waals surface area contributed by atoms with Crippen molar-refractivity contribution >= 4 is 34.5 Å². The van der Waals surface area contributed by atoms with Crippen LogP contribution in [0.3, 0.4) is 0 Å². The number of aliphatic hydroxyl groups is 1. The molecule has 5 nitrogen and oxygen atoms in total. The first kappa shape index (κ1) is 26.9. The molecular formula is C28H43NO4S. The summed E-state index contributed by atoms with van der Waals surface area (Å²) in [5.41, 5.74) is 2.02. The Hall–Kier alpha value is -1.66. The second-order valence-electron chi connectivity index (χ2n) is 11.6. The number of rotatable bonds is 8. The molecule has 34 heavy (non-hydrogen) atoms. The first-order valence-corrected chi connectivity index (χ1v) is 13.8. The van der Waals surface area contributed by atoms with Gasteiger partial charge < -0.3 is 15.1 Å². The Kier molecular flexibility index (Phi) is 9.02. The molecule has 2 atom stereocenters. The van der Waals surface area contributed by atoms with E-state index in [1.165, 1.54) is 16.9 Å². The van der Waals surface area contributed by atoms with Crippen molar-refractivity contribution in [3.8, 4) is 0 Å². The summed E-state index contributed by atoms with van der Waals surface area (Å²) in [6.07, 6.45) is 9.94. The van der Waals surface area contributed by atoms with Gasteiger partial charge in [-0.15, -0.1) is 11.3 Å². The maximum Gasteiger partial charge on any atom is 0.348 e. The van der Waals surface area contributed by atoms with E-state index in [1.807, 2.05) is 6.07 Å². The Bertz CT molecular complexity index is 887. The molecule has 3 rings (SSSR count). The molecule has 1 saturated carbocycles. The highest BCUT2D eigenvalue weighted by Crippen LogP contribution is 2.43. The lowest BCUT2D eigenvalue weighted by atomic mass is 9.73. The molecule has 1 fully saturated rings. The molecule has 190 valence electrons. The van der Waals surface area contributed by atoms with Gasteiger partial charge in [0, 0.05) is 17.3 Å². The topological polar surface area (TPSA) is 77.8 Å². The summed E-state index contributed by atoms with van der Waals surface area (Å²) < 4.78 is 0. The Morgan fingerprint density at radius 3 is 2.38 bits per heavy atom. The summed E-state index contributed by atoms with van der Waals surface area (Å²) in [5.74, 6) is 0.303. The van der Waals surface area contributed by atoms with Crippen LogP contribution in [0.1, 0.15) is 107 Å². The van der Waals surface area contributed by atoms with Gasteiger partial charge in [0.25, 0.3) is 0 Å². The van der Waals surface area contributed by atoms with E-state index < -0.39 is 12.1 Å². The molecule has 0 saturated heterocycles. The highest BCUT2D eigenvalue weighted by Gasteiger charge is 2.33. The summed E-state index contributed by atoms with van der Waals surface area (Å²) >= 11 is 1.30. The third kappa shape index (κ3) is 6.72. The number of anilines is 1. The van der Waals surface area contributed by atoms with E-state index in [2.05, 4.69) is 33.8 Å². The van der Waals surface area contributed by atoms with Crippen molar-refractivity contribution in [2.45, 2.75) is 98.5 Å². The Balaban J connectivity index is 1.90. The second-order valence-corrected chi connectivity index (χ2v) is 12.7. The minimum atomic E-state index is -0.971. The normalized spacial score (nSPS) is 24.4.